The van der Waals surface area contributed by atoms with Crippen LogP contribution in [-0.2, 0) is 4.79 Å². The Morgan fingerprint density at radius 3 is 3.00 bits per heavy atom. The van der Waals surface area contributed by atoms with Crippen LogP contribution in [0.5, 0.6) is 0 Å². The van der Waals surface area contributed by atoms with Gasteiger partial charge in [0.15, 0.2) is 0 Å². The molecule has 1 aliphatic rings. The van der Waals surface area contributed by atoms with Crippen molar-refractivity contribution in [3.05, 3.63) is 24.5 Å². The van der Waals surface area contributed by atoms with Crippen LogP contribution in [0.1, 0.15) is 12.8 Å². The summed E-state index contributed by atoms with van der Waals surface area (Å²) >= 11 is -1.94. The van der Waals surface area contributed by atoms with Crippen molar-refractivity contribution >= 4 is 28.3 Å². The van der Waals surface area contributed by atoms with E-state index in [1.807, 2.05) is 12.3 Å². The first-order valence-corrected chi connectivity index (χ1v) is 9.93. The first kappa shape index (κ1) is 8.30. The van der Waals surface area contributed by atoms with Crippen LogP contribution in [0, 0.1) is 0 Å². The normalized spacial score (nSPS) is 17.0. The number of pyridine rings is 1. The number of hydrogen-bond acceptors (Lipinski definition) is 2. The predicted octanol–water partition coefficient (Wildman–Crippen LogP) is 0.686. The van der Waals surface area contributed by atoms with Crippen molar-refractivity contribution in [3.8, 4) is 0 Å². The number of carbonyl (C=O) groups is 1. The fraction of sp³-hybridized carbons (Fsp3) is 0.333. The number of hydrogen-bond donors (Lipinski definition) is 0. The number of nitrogens with zero attached hydrogens (tertiary/aromatic N) is 1. The van der Waals surface area contributed by atoms with Gasteiger partial charge in [0.1, 0.15) is 0 Å². The van der Waals surface area contributed by atoms with E-state index in [4.69, 9.17) is 0 Å². The fourth-order valence-corrected chi connectivity index (χ4v) is 9.75. The summed E-state index contributed by atoms with van der Waals surface area (Å²) in [6, 6.07) is 4.02. The topological polar surface area (TPSA) is 30.0 Å². The van der Waals surface area contributed by atoms with Crippen LogP contribution in [0.3, 0.4) is 0 Å². The molecule has 0 unspecified atom stereocenters. The van der Waals surface area contributed by atoms with E-state index < -0.39 is 21.4 Å². The van der Waals surface area contributed by atoms with E-state index in [2.05, 4.69) is 11.1 Å². The van der Waals surface area contributed by atoms with Gasteiger partial charge >= 0.3 is 79.6 Å². The van der Waals surface area contributed by atoms with Crippen LogP contribution >= 0.6 is 0 Å². The molecule has 0 aliphatic carbocycles. The van der Waals surface area contributed by atoms with Gasteiger partial charge in [0.05, 0.1) is 0 Å². The van der Waals surface area contributed by atoms with Crippen LogP contribution in [-0.4, -0.2) is 30.0 Å². The summed E-state index contributed by atoms with van der Waals surface area (Å²) in [7, 11) is 0. The molecule has 0 saturated carbocycles. The van der Waals surface area contributed by atoms with Gasteiger partial charge in [-0.25, -0.2) is 0 Å². The molecule has 1 aromatic heterocycles. The van der Waals surface area contributed by atoms with E-state index in [0.29, 0.717) is 3.54 Å². The molecule has 1 aliphatic heterocycles. The molecule has 0 radical (unpaired) electrons. The Bertz CT molecular complexity index is 286. The zero-order valence-electron chi connectivity index (χ0n) is 6.86. The molecular formula is C9H10InNO. The molecule has 0 bridgehead atoms. The zero-order chi connectivity index (χ0) is 8.39. The maximum absolute atomic E-state index is 11.4. The molecule has 2 nitrogen and oxygen atoms in total. The van der Waals surface area contributed by atoms with E-state index in [1.165, 1.54) is 7.50 Å². The van der Waals surface area contributed by atoms with Crippen molar-refractivity contribution < 1.29 is 4.79 Å². The van der Waals surface area contributed by atoms with Gasteiger partial charge in [-0.2, -0.15) is 0 Å². The van der Waals surface area contributed by atoms with Gasteiger partial charge in [0, 0.05) is 0 Å². The molecule has 60 valence electrons. The van der Waals surface area contributed by atoms with Gasteiger partial charge in [-0.05, 0) is 0 Å². The molecule has 2 rings (SSSR count). The number of aromatic nitrogens is 1. The summed E-state index contributed by atoms with van der Waals surface area (Å²) < 4.78 is 3.10. The Morgan fingerprint density at radius 1 is 1.50 bits per heavy atom. The van der Waals surface area contributed by atoms with Gasteiger partial charge in [0.25, 0.3) is 0 Å². The number of carbonyl (C=O) groups excluding carboxylic acids is 1. The Balaban J connectivity index is 2.25. The molecule has 1 saturated heterocycles. The van der Waals surface area contributed by atoms with Crippen molar-refractivity contribution in [1.82, 2.24) is 4.98 Å². The van der Waals surface area contributed by atoms with Gasteiger partial charge < -0.3 is 0 Å². The van der Waals surface area contributed by atoms with Crippen molar-refractivity contribution in [2.45, 2.75) is 17.0 Å². The third-order valence-corrected chi connectivity index (χ3v) is 11.5. The third-order valence-electron chi connectivity index (χ3n) is 2.39. The quantitative estimate of drug-likeness (QED) is 0.746. The summed E-state index contributed by atoms with van der Waals surface area (Å²) in [5.41, 5.74) is 0. The van der Waals surface area contributed by atoms with Gasteiger partial charge in [-0.3, -0.25) is 0 Å². The van der Waals surface area contributed by atoms with Gasteiger partial charge in [-0.1, -0.05) is 0 Å². The Kier molecular flexibility index (Phi) is 2.49. The Labute approximate surface area is 79.5 Å². The molecule has 3 heteroatoms. The molecule has 0 atom stereocenters. The summed E-state index contributed by atoms with van der Waals surface area (Å²) in [5.74, 6) is 0. The molecule has 0 N–H and O–H groups in total. The van der Waals surface area contributed by atoms with Crippen LogP contribution < -0.4 is 3.32 Å². The molecule has 0 amide bonds. The molecule has 0 spiro atoms. The zero-order valence-corrected chi connectivity index (χ0v) is 10.2. The molecule has 2 heterocycles. The van der Waals surface area contributed by atoms with Gasteiger partial charge in [-0.15, -0.1) is 0 Å². The predicted molar refractivity (Wildman–Crippen MR) is 48.7 cm³/mol. The SMILES string of the molecule is O=[C]1CC[CH2][In]1[c]1cccnc1. The minimum atomic E-state index is -1.94. The summed E-state index contributed by atoms with van der Waals surface area (Å²) in [4.78, 5) is 15.5. The molecule has 0 aromatic carbocycles. The second-order valence-corrected chi connectivity index (χ2v) is 11.7. The molecule has 1 fully saturated rings. The average molecular weight is 263 g/mol. The van der Waals surface area contributed by atoms with E-state index in [9.17, 15) is 4.79 Å². The number of rotatable bonds is 1. The van der Waals surface area contributed by atoms with Crippen LogP contribution in [0.4, 0.5) is 0 Å². The average Bonchev–Trinajstić information content (AvgIpc) is 2.53. The van der Waals surface area contributed by atoms with Crippen molar-refractivity contribution in [1.29, 1.82) is 0 Å². The first-order valence-electron chi connectivity index (χ1n) is 4.30. The van der Waals surface area contributed by atoms with E-state index in [1.54, 1.807) is 6.20 Å². The summed E-state index contributed by atoms with van der Waals surface area (Å²) in [5, 5.41) is 0. The monoisotopic (exact) mass is 263 g/mol. The van der Waals surface area contributed by atoms with E-state index in [-0.39, 0.29) is 0 Å². The Morgan fingerprint density at radius 2 is 2.42 bits per heavy atom. The van der Waals surface area contributed by atoms with E-state index in [0.717, 1.165) is 12.8 Å². The Hall–Kier alpha value is -0.310. The summed E-state index contributed by atoms with van der Waals surface area (Å²) in [6.07, 6.45) is 5.64. The van der Waals surface area contributed by atoms with Crippen LogP contribution in [0.15, 0.2) is 24.5 Å². The second-order valence-electron chi connectivity index (χ2n) is 3.20. The van der Waals surface area contributed by atoms with Crippen molar-refractivity contribution in [3.63, 3.8) is 0 Å². The third kappa shape index (κ3) is 1.56. The van der Waals surface area contributed by atoms with Gasteiger partial charge in [0.2, 0.25) is 0 Å². The van der Waals surface area contributed by atoms with Crippen molar-refractivity contribution in [2.75, 3.05) is 0 Å². The van der Waals surface area contributed by atoms with Crippen LogP contribution in [0.25, 0.3) is 0 Å². The standard InChI is InChI=1S/C5H4N.C4H6O.In/c1-2-4-6-5-3-1;1-2-3-4-5;/h1-2,4-5H;1-3H2;. The summed E-state index contributed by atoms with van der Waals surface area (Å²) in [6.45, 7) is 0. The van der Waals surface area contributed by atoms with Crippen molar-refractivity contribution in [2.24, 2.45) is 0 Å². The molecule has 1 aromatic rings. The fourth-order valence-electron chi connectivity index (χ4n) is 1.75. The first-order chi connectivity index (χ1) is 5.88. The molecular weight excluding hydrogens is 253 g/mol. The van der Waals surface area contributed by atoms with Crippen LogP contribution in [0.2, 0.25) is 4.18 Å². The van der Waals surface area contributed by atoms with E-state index >= 15 is 0 Å². The minimum absolute atomic E-state index is 0.588. The maximum atomic E-state index is 11.4. The second kappa shape index (κ2) is 3.60. The molecule has 12 heavy (non-hydrogen) atoms.